The van der Waals surface area contributed by atoms with Gasteiger partial charge in [-0.25, -0.2) is 9.97 Å². The van der Waals surface area contributed by atoms with Crippen LogP contribution < -0.4 is 5.32 Å². The summed E-state index contributed by atoms with van der Waals surface area (Å²) in [4.78, 5) is 8.93. The number of rotatable bonds is 8. The fraction of sp³-hybridized carbons (Fsp3) is 0.765. The molecule has 3 heteroatoms. The van der Waals surface area contributed by atoms with E-state index in [9.17, 15) is 0 Å². The molecule has 20 heavy (non-hydrogen) atoms. The van der Waals surface area contributed by atoms with Crippen LogP contribution in [0.25, 0.3) is 0 Å². The van der Waals surface area contributed by atoms with Crippen molar-refractivity contribution in [3.63, 3.8) is 0 Å². The van der Waals surface area contributed by atoms with Crippen LogP contribution in [0.1, 0.15) is 76.0 Å². The van der Waals surface area contributed by atoms with Crippen molar-refractivity contribution in [1.82, 2.24) is 9.97 Å². The van der Waals surface area contributed by atoms with Crippen LogP contribution in [0.3, 0.4) is 0 Å². The molecule has 1 N–H and O–H groups in total. The number of nitrogens with zero attached hydrogens (tertiary/aromatic N) is 2. The van der Waals surface area contributed by atoms with Crippen molar-refractivity contribution in [3.8, 4) is 0 Å². The van der Waals surface area contributed by atoms with E-state index in [4.69, 9.17) is 0 Å². The summed E-state index contributed by atoms with van der Waals surface area (Å²) in [6.07, 6.45) is 15.9. The maximum atomic E-state index is 4.47. The van der Waals surface area contributed by atoms with Gasteiger partial charge in [-0.15, -0.1) is 0 Å². The second-order valence-electron chi connectivity index (χ2n) is 5.90. The molecule has 0 unspecified atom stereocenters. The van der Waals surface area contributed by atoms with E-state index in [1.54, 1.807) is 6.33 Å². The second kappa shape index (κ2) is 8.93. The summed E-state index contributed by atoms with van der Waals surface area (Å²) in [7, 11) is 0. The molecule has 0 amide bonds. The Hall–Kier alpha value is -1.12. The van der Waals surface area contributed by atoms with Crippen molar-refractivity contribution >= 4 is 5.82 Å². The molecular weight excluding hydrogens is 246 g/mol. The molecule has 1 aliphatic carbocycles. The molecule has 0 aliphatic heterocycles. The maximum Gasteiger partial charge on any atom is 0.132 e. The molecule has 3 nitrogen and oxygen atoms in total. The summed E-state index contributed by atoms with van der Waals surface area (Å²) in [5, 5.41) is 3.54. The van der Waals surface area contributed by atoms with Crippen molar-refractivity contribution in [2.75, 3.05) is 11.9 Å². The Kier molecular flexibility index (Phi) is 6.82. The van der Waals surface area contributed by atoms with Gasteiger partial charge in [-0.2, -0.15) is 0 Å². The first-order valence-electron chi connectivity index (χ1n) is 8.48. The minimum atomic E-state index is 1.05. The first-order chi connectivity index (χ1) is 9.92. The monoisotopic (exact) mass is 275 g/mol. The standard InChI is InChI=1S/C17H29N3/c1-2-3-4-5-6-10-13-18-17-15-11-8-7-9-12-16(15)19-14-20-17/h14H,2-13H2,1H3,(H,18,19,20). The zero-order valence-electron chi connectivity index (χ0n) is 13.0. The maximum absolute atomic E-state index is 4.47. The minimum absolute atomic E-state index is 1.05. The van der Waals surface area contributed by atoms with Crippen LogP contribution in [-0.2, 0) is 12.8 Å². The van der Waals surface area contributed by atoms with Gasteiger partial charge in [-0.1, -0.05) is 45.4 Å². The summed E-state index contributed by atoms with van der Waals surface area (Å²) in [6, 6.07) is 0. The first kappa shape index (κ1) is 15.3. The molecule has 112 valence electrons. The van der Waals surface area contributed by atoms with Gasteiger partial charge in [0.05, 0.1) is 0 Å². The van der Waals surface area contributed by atoms with E-state index in [2.05, 4.69) is 22.2 Å². The van der Waals surface area contributed by atoms with Crippen molar-refractivity contribution in [2.24, 2.45) is 0 Å². The zero-order valence-corrected chi connectivity index (χ0v) is 13.0. The molecule has 1 heterocycles. The molecule has 0 aromatic carbocycles. The number of fused-ring (bicyclic) bond motifs is 1. The number of aryl methyl sites for hydroxylation is 1. The van der Waals surface area contributed by atoms with Crippen molar-refractivity contribution in [3.05, 3.63) is 17.6 Å². The topological polar surface area (TPSA) is 37.8 Å². The summed E-state index contributed by atoms with van der Waals surface area (Å²) in [6.45, 7) is 3.32. The normalized spacial score (nSPS) is 14.7. The second-order valence-corrected chi connectivity index (χ2v) is 5.90. The zero-order chi connectivity index (χ0) is 14.0. The van der Waals surface area contributed by atoms with E-state index in [0.29, 0.717) is 0 Å². The molecule has 1 aromatic rings. The number of unbranched alkanes of at least 4 members (excludes halogenated alkanes) is 5. The van der Waals surface area contributed by atoms with Crippen LogP contribution in [0.4, 0.5) is 5.82 Å². The molecule has 0 saturated heterocycles. The highest BCUT2D eigenvalue weighted by molar-refractivity contribution is 5.46. The Labute approximate surface area is 123 Å². The highest BCUT2D eigenvalue weighted by Gasteiger charge is 2.13. The number of nitrogens with one attached hydrogen (secondary N) is 1. The van der Waals surface area contributed by atoms with Gasteiger partial charge < -0.3 is 5.32 Å². The molecule has 1 aliphatic rings. The number of anilines is 1. The lowest BCUT2D eigenvalue weighted by molar-refractivity contribution is 0.616. The van der Waals surface area contributed by atoms with Crippen LogP contribution in [0, 0.1) is 0 Å². The van der Waals surface area contributed by atoms with E-state index >= 15 is 0 Å². The first-order valence-corrected chi connectivity index (χ1v) is 8.48. The van der Waals surface area contributed by atoms with Crippen molar-refractivity contribution in [2.45, 2.75) is 77.6 Å². The van der Waals surface area contributed by atoms with E-state index in [1.165, 1.54) is 69.0 Å². The lowest BCUT2D eigenvalue weighted by atomic mass is 10.1. The fourth-order valence-electron chi connectivity index (χ4n) is 2.96. The van der Waals surface area contributed by atoms with E-state index < -0.39 is 0 Å². The van der Waals surface area contributed by atoms with Gasteiger partial charge in [0, 0.05) is 17.8 Å². The third kappa shape index (κ3) is 4.77. The SMILES string of the molecule is CCCCCCCCNc1ncnc2c1CCCCC2. The average molecular weight is 275 g/mol. The predicted molar refractivity (Wildman–Crippen MR) is 85.2 cm³/mol. The molecule has 0 atom stereocenters. The highest BCUT2D eigenvalue weighted by atomic mass is 15.0. The van der Waals surface area contributed by atoms with Crippen LogP contribution in [0.15, 0.2) is 6.33 Å². The Morgan fingerprint density at radius 3 is 2.65 bits per heavy atom. The molecule has 2 rings (SSSR count). The van der Waals surface area contributed by atoms with Crippen LogP contribution in [-0.4, -0.2) is 16.5 Å². The molecule has 1 aromatic heterocycles. The third-order valence-electron chi connectivity index (χ3n) is 4.20. The minimum Gasteiger partial charge on any atom is -0.370 e. The molecule has 0 bridgehead atoms. The lowest BCUT2D eigenvalue weighted by Gasteiger charge is -2.12. The van der Waals surface area contributed by atoms with Gasteiger partial charge in [0.1, 0.15) is 12.1 Å². The third-order valence-corrected chi connectivity index (χ3v) is 4.20. The van der Waals surface area contributed by atoms with Crippen LogP contribution in [0.5, 0.6) is 0 Å². The average Bonchev–Trinajstić information content (AvgIpc) is 2.72. The smallest absolute Gasteiger partial charge is 0.132 e. The van der Waals surface area contributed by atoms with Crippen LogP contribution >= 0.6 is 0 Å². The molecule has 0 saturated carbocycles. The summed E-state index contributed by atoms with van der Waals surface area (Å²) < 4.78 is 0. The van der Waals surface area contributed by atoms with Gasteiger partial charge >= 0.3 is 0 Å². The summed E-state index contributed by atoms with van der Waals surface area (Å²) in [5.74, 6) is 1.10. The Balaban J connectivity index is 1.75. The van der Waals surface area contributed by atoms with Gasteiger partial charge in [0.2, 0.25) is 0 Å². The number of hydrogen-bond acceptors (Lipinski definition) is 3. The summed E-state index contributed by atoms with van der Waals surface area (Å²) >= 11 is 0. The Morgan fingerprint density at radius 2 is 1.75 bits per heavy atom. The summed E-state index contributed by atoms with van der Waals surface area (Å²) in [5.41, 5.74) is 2.67. The molecule has 0 spiro atoms. The van der Waals surface area contributed by atoms with Gasteiger partial charge in [0.25, 0.3) is 0 Å². The Bertz CT molecular complexity index is 390. The fourth-order valence-corrected chi connectivity index (χ4v) is 2.96. The molecular formula is C17H29N3. The predicted octanol–water partition coefficient (Wildman–Crippen LogP) is 4.52. The van der Waals surface area contributed by atoms with Gasteiger partial charge in [-0.05, 0) is 32.1 Å². The number of aromatic nitrogens is 2. The van der Waals surface area contributed by atoms with Crippen LogP contribution in [0.2, 0.25) is 0 Å². The largest absolute Gasteiger partial charge is 0.370 e. The number of hydrogen-bond donors (Lipinski definition) is 1. The van der Waals surface area contributed by atoms with E-state index in [-0.39, 0.29) is 0 Å². The molecule has 0 radical (unpaired) electrons. The van der Waals surface area contributed by atoms with Gasteiger partial charge in [0.15, 0.2) is 0 Å². The van der Waals surface area contributed by atoms with Crippen molar-refractivity contribution < 1.29 is 0 Å². The molecule has 0 fully saturated rings. The van der Waals surface area contributed by atoms with E-state index in [1.807, 2.05) is 0 Å². The Morgan fingerprint density at radius 1 is 0.950 bits per heavy atom. The van der Waals surface area contributed by atoms with Crippen molar-refractivity contribution in [1.29, 1.82) is 0 Å². The van der Waals surface area contributed by atoms with Gasteiger partial charge in [-0.3, -0.25) is 0 Å². The van der Waals surface area contributed by atoms with E-state index in [0.717, 1.165) is 25.2 Å². The highest BCUT2D eigenvalue weighted by Crippen LogP contribution is 2.23. The lowest BCUT2D eigenvalue weighted by Crippen LogP contribution is -2.09. The quantitative estimate of drug-likeness (QED) is 0.560.